The zero-order valence-electron chi connectivity index (χ0n) is 8.87. The van der Waals surface area contributed by atoms with Crippen molar-refractivity contribution >= 4 is 16.9 Å². The number of nitrogens with zero attached hydrogens (tertiary/aromatic N) is 4. The molecule has 0 spiro atoms. The van der Waals surface area contributed by atoms with E-state index in [-0.39, 0.29) is 0 Å². The Morgan fingerprint density at radius 1 is 1.35 bits per heavy atom. The molecule has 1 aliphatic rings. The van der Waals surface area contributed by atoms with Gasteiger partial charge in [0, 0.05) is 29.9 Å². The highest BCUT2D eigenvalue weighted by Gasteiger charge is 2.41. The van der Waals surface area contributed by atoms with E-state index in [1.807, 2.05) is 6.20 Å². The molecule has 0 aromatic carbocycles. The standard InChI is InChI=1S/C10H10N6S/c11-9-16-10(6-17-9,7-3-14-15-4-7)8-5-12-1-2-13-8/h1-5H,6H2,(H2,11,16)(H,14,15). The number of H-pyrrole nitrogens is 1. The van der Waals surface area contributed by atoms with E-state index in [0.717, 1.165) is 17.0 Å². The fourth-order valence-electron chi connectivity index (χ4n) is 1.85. The van der Waals surface area contributed by atoms with Gasteiger partial charge in [-0.25, -0.2) is 4.99 Å². The summed E-state index contributed by atoms with van der Waals surface area (Å²) in [6, 6.07) is 0. The van der Waals surface area contributed by atoms with Gasteiger partial charge in [-0.2, -0.15) is 5.10 Å². The van der Waals surface area contributed by atoms with Gasteiger partial charge >= 0.3 is 0 Å². The summed E-state index contributed by atoms with van der Waals surface area (Å²) in [7, 11) is 0. The Balaban J connectivity index is 2.17. The van der Waals surface area contributed by atoms with Crippen molar-refractivity contribution in [2.45, 2.75) is 5.54 Å². The van der Waals surface area contributed by atoms with Crippen LogP contribution >= 0.6 is 11.8 Å². The zero-order chi connectivity index (χ0) is 11.7. The zero-order valence-corrected chi connectivity index (χ0v) is 9.68. The van der Waals surface area contributed by atoms with Crippen LogP contribution in [-0.4, -0.2) is 31.1 Å². The maximum Gasteiger partial charge on any atom is 0.155 e. The van der Waals surface area contributed by atoms with Crippen LogP contribution in [0.2, 0.25) is 0 Å². The Morgan fingerprint density at radius 3 is 2.88 bits per heavy atom. The van der Waals surface area contributed by atoms with Crippen LogP contribution in [0, 0.1) is 0 Å². The molecule has 0 saturated heterocycles. The van der Waals surface area contributed by atoms with Crippen molar-refractivity contribution in [1.82, 2.24) is 20.2 Å². The first kappa shape index (κ1) is 10.3. The van der Waals surface area contributed by atoms with Gasteiger partial charge in [-0.05, 0) is 0 Å². The Bertz CT molecular complexity index is 537. The van der Waals surface area contributed by atoms with Crippen LogP contribution in [0.3, 0.4) is 0 Å². The van der Waals surface area contributed by atoms with Gasteiger partial charge in [-0.15, -0.1) is 0 Å². The first-order chi connectivity index (χ1) is 8.31. The number of amidine groups is 1. The third-order valence-corrected chi connectivity index (χ3v) is 3.64. The number of hydrogen-bond acceptors (Lipinski definition) is 6. The first-order valence-electron chi connectivity index (χ1n) is 5.05. The summed E-state index contributed by atoms with van der Waals surface area (Å²) in [5.74, 6) is 0.719. The molecule has 0 fully saturated rings. The Labute approximate surface area is 102 Å². The number of nitrogens with one attached hydrogen (secondary N) is 1. The van der Waals surface area contributed by atoms with Crippen LogP contribution in [0.1, 0.15) is 11.3 Å². The predicted octanol–water partition coefficient (Wildman–Crippen LogP) is 0.505. The molecule has 7 heteroatoms. The van der Waals surface area contributed by atoms with E-state index in [4.69, 9.17) is 5.73 Å². The quantitative estimate of drug-likeness (QED) is 0.805. The van der Waals surface area contributed by atoms with Crippen molar-refractivity contribution in [2.24, 2.45) is 10.7 Å². The highest BCUT2D eigenvalue weighted by atomic mass is 32.2. The van der Waals surface area contributed by atoms with Crippen LogP contribution in [0.25, 0.3) is 0 Å². The van der Waals surface area contributed by atoms with Crippen LogP contribution in [-0.2, 0) is 5.54 Å². The van der Waals surface area contributed by atoms with E-state index >= 15 is 0 Å². The fraction of sp³-hybridized carbons (Fsp3) is 0.200. The van der Waals surface area contributed by atoms with Crippen LogP contribution in [0.5, 0.6) is 0 Å². The molecule has 6 nitrogen and oxygen atoms in total. The lowest BCUT2D eigenvalue weighted by Crippen LogP contribution is -2.27. The lowest BCUT2D eigenvalue weighted by Gasteiger charge is -2.22. The molecule has 0 aliphatic carbocycles. The Kier molecular flexibility index (Phi) is 2.32. The van der Waals surface area contributed by atoms with E-state index in [2.05, 4.69) is 25.2 Å². The maximum absolute atomic E-state index is 5.79. The van der Waals surface area contributed by atoms with Crippen molar-refractivity contribution in [3.63, 3.8) is 0 Å². The molecule has 3 heterocycles. The molecular weight excluding hydrogens is 236 g/mol. The summed E-state index contributed by atoms with van der Waals surface area (Å²) < 4.78 is 0. The molecule has 3 N–H and O–H groups in total. The molecular formula is C10H10N6S. The van der Waals surface area contributed by atoms with Gasteiger partial charge in [0.15, 0.2) is 5.17 Å². The van der Waals surface area contributed by atoms with Crippen LogP contribution in [0.4, 0.5) is 0 Å². The predicted molar refractivity (Wildman–Crippen MR) is 65.5 cm³/mol. The van der Waals surface area contributed by atoms with Gasteiger partial charge in [-0.1, -0.05) is 11.8 Å². The maximum atomic E-state index is 5.79. The second-order valence-corrected chi connectivity index (χ2v) is 4.67. The van der Waals surface area contributed by atoms with Crippen molar-refractivity contribution in [2.75, 3.05) is 5.75 Å². The average Bonchev–Trinajstić information content (AvgIpc) is 3.00. The largest absolute Gasteiger partial charge is 0.378 e. The number of rotatable bonds is 2. The molecule has 1 aliphatic heterocycles. The normalized spacial score (nSPS) is 23.6. The summed E-state index contributed by atoms with van der Waals surface area (Å²) in [5, 5.41) is 7.33. The third kappa shape index (κ3) is 1.59. The molecule has 2 aromatic heterocycles. The first-order valence-corrected chi connectivity index (χ1v) is 6.04. The van der Waals surface area contributed by atoms with E-state index < -0.39 is 5.54 Å². The lowest BCUT2D eigenvalue weighted by molar-refractivity contribution is 0.602. The summed E-state index contributed by atoms with van der Waals surface area (Å²) in [6.07, 6.45) is 8.58. The van der Waals surface area contributed by atoms with E-state index in [1.165, 1.54) is 11.8 Å². The second-order valence-electron chi connectivity index (χ2n) is 3.68. The van der Waals surface area contributed by atoms with Gasteiger partial charge in [0.05, 0.1) is 18.1 Å². The smallest absolute Gasteiger partial charge is 0.155 e. The van der Waals surface area contributed by atoms with Gasteiger partial charge in [0.2, 0.25) is 0 Å². The number of nitrogens with two attached hydrogens (primary N) is 1. The number of hydrogen-bond donors (Lipinski definition) is 2. The fourth-order valence-corrected chi connectivity index (χ4v) is 2.80. The van der Waals surface area contributed by atoms with Gasteiger partial charge in [0.1, 0.15) is 5.54 Å². The molecule has 0 radical (unpaired) electrons. The number of aromatic amines is 1. The Hall–Kier alpha value is -1.89. The minimum atomic E-state index is -0.560. The number of thioether (sulfide) groups is 1. The summed E-state index contributed by atoms with van der Waals surface area (Å²) in [4.78, 5) is 13.0. The highest BCUT2D eigenvalue weighted by Crippen LogP contribution is 2.39. The minimum absolute atomic E-state index is 0.560. The molecule has 2 aromatic rings. The summed E-state index contributed by atoms with van der Waals surface area (Å²) in [5.41, 5.74) is 6.96. The average molecular weight is 246 g/mol. The molecule has 1 unspecified atom stereocenters. The van der Waals surface area contributed by atoms with Crippen molar-refractivity contribution in [1.29, 1.82) is 0 Å². The van der Waals surface area contributed by atoms with Gasteiger partial charge in [0.25, 0.3) is 0 Å². The molecule has 0 amide bonds. The number of aromatic nitrogens is 4. The topological polar surface area (TPSA) is 92.8 Å². The molecule has 0 saturated carbocycles. The molecule has 3 rings (SSSR count). The van der Waals surface area contributed by atoms with Gasteiger partial charge < -0.3 is 5.73 Å². The van der Waals surface area contributed by atoms with Gasteiger partial charge in [-0.3, -0.25) is 15.1 Å². The van der Waals surface area contributed by atoms with Crippen LogP contribution in [0.15, 0.2) is 36.0 Å². The summed E-state index contributed by atoms with van der Waals surface area (Å²) in [6.45, 7) is 0. The molecule has 0 bridgehead atoms. The summed E-state index contributed by atoms with van der Waals surface area (Å²) >= 11 is 1.52. The lowest BCUT2D eigenvalue weighted by atomic mass is 9.92. The second kappa shape index (κ2) is 3.85. The van der Waals surface area contributed by atoms with Crippen molar-refractivity contribution < 1.29 is 0 Å². The minimum Gasteiger partial charge on any atom is -0.378 e. The molecule has 86 valence electrons. The number of aliphatic imine (C=N–C) groups is 1. The van der Waals surface area contributed by atoms with Crippen molar-refractivity contribution in [3.8, 4) is 0 Å². The SMILES string of the molecule is NC1=NC(c2cn[nH]c2)(c2cnccn2)CS1. The van der Waals surface area contributed by atoms with Crippen molar-refractivity contribution in [3.05, 3.63) is 42.2 Å². The van der Waals surface area contributed by atoms with Crippen LogP contribution < -0.4 is 5.73 Å². The molecule has 17 heavy (non-hydrogen) atoms. The highest BCUT2D eigenvalue weighted by molar-refractivity contribution is 8.14. The monoisotopic (exact) mass is 246 g/mol. The Morgan fingerprint density at radius 2 is 2.29 bits per heavy atom. The van der Waals surface area contributed by atoms with E-state index in [9.17, 15) is 0 Å². The third-order valence-electron chi connectivity index (χ3n) is 2.69. The van der Waals surface area contributed by atoms with E-state index in [0.29, 0.717) is 5.17 Å². The van der Waals surface area contributed by atoms with E-state index in [1.54, 1.807) is 24.8 Å². The molecule has 1 atom stereocenters.